The van der Waals surface area contributed by atoms with Crippen molar-refractivity contribution in [2.75, 3.05) is 0 Å². The number of nitrogens with one attached hydrogen (secondary N) is 1. The Morgan fingerprint density at radius 1 is 1.07 bits per heavy atom. The molecule has 2 aromatic heterocycles. The van der Waals surface area contributed by atoms with Gasteiger partial charge in [0.05, 0.1) is 22.3 Å². The summed E-state index contributed by atoms with van der Waals surface area (Å²) in [6.45, 7) is 6.86. The molecule has 0 saturated heterocycles. The van der Waals surface area contributed by atoms with Crippen molar-refractivity contribution in [3.05, 3.63) is 111 Å². The van der Waals surface area contributed by atoms with Crippen molar-refractivity contribution in [2.45, 2.75) is 52.1 Å². The fraction of sp³-hybridized carbons (Fsp3) is 0.242. The maximum Gasteiger partial charge on any atom is 0.336 e. The highest BCUT2D eigenvalue weighted by Gasteiger charge is 2.27. The lowest BCUT2D eigenvalue weighted by molar-refractivity contribution is 0.0697. The van der Waals surface area contributed by atoms with E-state index in [9.17, 15) is 14.7 Å². The molecule has 0 radical (unpaired) electrons. The van der Waals surface area contributed by atoms with Crippen LogP contribution in [0.4, 0.5) is 0 Å². The van der Waals surface area contributed by atoms with E-state index in [0.29, 0.717) is 29.2 Å². The van der Waals surface area contributed by atoms with Gasteiger partial charge in [-0.2, -0.15) is 0 Å². The number of rotatable bonds is 8. The predicted molar refractivity (Wildman–Crippen MR) is 159 cm³/mol. The molecule has 202 valence electrons. The van der Waals surface area contributed by atoms with E-state index in [-0.39, 0.29) is 11.9 Å². The molecule has 0 spiro atoms. The molecule has 1 amide bonds. The first-order valence-electron chi connectivity index (χ1n) is 13.6. The normalized spacial score (nSPS) is 13.9. The number of amides is 1. The topological polar surface area (TPSA) is 84.2 Å². The van der Waals surface area contributed by atoms with E-state index in [0.717, 1.165) is 39.0 Å². The third-order valence-electron chi connectivity index (χ3n) is 7.92. The fourth-order valence-corrected chi connectivity index (χ4v) is 6.34. The van der Waals surface area contributed by atoms with Crippen LogP contribution in [-0.4, -0.2) is 26.5 Å². The molecule has 5 aromatic rings. The number of carbonyl (C=O) groups excluding carboxylic acids is 1. The van der Waals surface area contributed by atoms with E-state index in [1.54, 1.807) is 23.5 Å². The van der Waals surface area contributed by atoms with Gasteiger partial charge >= 0.3 is 5.97 Å². The van der Waals surface area contributed by atoms with Gasteiger partial charge in [0.15, 0.2) is 0 Å². The Balaban J connectivity index is 1.21. The van der Waals surface area contributed by atoms with Crippen molar-refractivity contribution < 1.29 is 14.7 Å². The monoisotopic (exact) mass is 549 g/mol. The van der Waals surface area contributed by atoms with Crippen LogP contribution in [0.5, 0.6) is 0 Å². The minimum absolute atomic E-state index is 0.0996. The van der Waals surface area contributed by atoms with Gasteiger partial charge < -0.3 is 15.0 Å². The molecule has 7 heteroatoms. The molecule has 1 aliphatic carbocycles. The maximum absolute atomic E-state index is 13.2. The van der Waals surface area contributed by atoms with Crippen LogP contribution in [0.15, 0.2) is 72.1 Å². The van der Waals surface area contributed by atoms with Gasteiger partial charge in [-0.25, -0.2) is 9.78 Å². The molecular weight excluding hydrogens is 518 g/mol. The smallest absolute Gasteiger partial charge is 0.336 e. The number of aromatic carboxylic acids is 1. The van der Waals surface area contributed by atoms with Gasteiger partial charge in [0.25, 0.3) is 5.91 Å². The molecule has 1 atom stereocenters. The molecule has 0 bridgehead atoms. The lowest BCUT2D eigenvalue weighted by Gasteiger charge is -2.13. The van der Waals surface area contributed by atoms with Gasteiger partial charge in [-0.1, -0.05) is 42.5 Å². The van der Waals surface area contributed by atoms with E-state index >= 15 is 0 Å². The van der Waals surface area contributed by atoms with Crippen LogP contribution in [0.3, 0.4) is 0 Å². The van der Waals surface area contributed by atoms with Gasteiger partial charge in [0.2, 0.25) is 0 Å². The summed E-state index contributed by atoms with van der Waals surface area (Å²) in [4.78, 5) is 29.5. The predicted octanol–water partition coefficient (Wildman–Crippen LogP) is 7.50. The molecule has 40 heavy (non-hydrogen) atoms. The van der Waals surface area contributed by atoms with Gasteiger partial charge in [0, 0.05) is 40.0 Å². The fourth-order valence-electron chi connectivity index (χ4n) is 5.26. The Kier molecular flexibility index (Phi) is 6.76. The van der Waals surface area contributed by atoms with Crippen LogP contribution >= 0.6 is 11.3 Å². The first-order chi connectivity index (χ1) is 19.3. The van der Waals surface area contributed by atoms with E-state index in [1.165, 1.54) is 17.8 Å². The molecular formula is C33H31N3O3S. The Bertz CT molecular complexity index is 1740. The summed E-state index contributed by atoms with van der Waals surface area (Å²) in [5, 5.41) is 17.0. The zero-order chi connectivity index (χ0) is 28.0. The summed E-state index contributed by atoms with van der Waals surface area (Å²) >= 11 is 1.69. The molecule has 6 rings (SSSR count). The Morgan fingerprint density at radius 3 is 2.55 bits per heavy atom. The summed E-state index contributed by atoms with van der Waals surface area (Å²) in [7, 11) is 0. The molecule has 2 N–H and O–H groups in total. The highest BCUT2D eigenvalue weighted by molar-refractivity contribution is 7.09. The maximum atomic E-state index is 13.2. The number of nitrogens with zero attached hydrogens (tertiary/aromatic N) is 2. The van der Waals surface area contributed by atoms with Crippen LogP contribution in [0.25, 0.3) is 22.0 Å². The second-order valence-corrected chi connectivity index (χ2v) is 11.5. The quantitative estimate of drug-likeness (QED) is 0.210. The minimum Gasteiger partial charge on any atom is -0.478 e. The van der Waals surface area contributed by atoms with Crippen LogP contribution in [0.1, 0.15) is 80.0 Å². The number of carboxylic acid groups (broad SMARTS) is 1. The number of hydrogen-bond acceptors (Lipinski definition) is 4. The molecule has 2 heterocycles. The average molecular weight is 550 g/mol. The number of carboxylic acids is 1. The highest BCUT2D eigenvalue weighted by atomic mass is 32.1. The van der Waals surface area contributed by atoms with Crippen molar-refractivity contribution in [1.82, 2.24) is 14.9 Å². The summed E-state index contributed by atoms with van der Waals surface area (Å²) in [6.07, 6.45) is 2.44. The van der Waals surface area contributed by atoms with Gasteiger partial charge in [0.1, 0.15) is 0 Å². The Morgan fingerprint density at radius 2 is 1.82 bits per heavy atom. The van der Waals surface area contributed by atoms with Crippen LogP contribution in [-0.2, 0) is 6.54 Å². The number of aryl methyl sites for hydroxylation is 1. The van der Waals surface area contributed by atoms with Crippen molar-refractivity contribution in [3.63, 3.8) is 0 Å². The second-order valence-electron chi connectivity index (χ2n) is 10.7. The summed E-state index contributed by atoms with van der Waals surface area (Å²) in [5.74, 6) is -0.416. The molecule has 3 aromatic carbocycles. The number of aromatic nitrogens is 2. The van der Waals surface area contributed by atoms with Crippen LogP contribution < -0.4 is 5.32 Å². The molecule has 1 saturated carbocycles. The SMILES string of the molecule is Cc1c(C)n(Cc2ccc(-c3ccccc3C(=O)O)cc2)c2ccc(C(=O)N[C@@H](C)c3csc(C4CC4)n3)cc12. The van der Waals surface area contributed by atoms with Gasteiger partial charge in [-0.05, 0) is 80.1 Å². The van der Waals surface area contributed by atoms with Crippen LogP contribution in [0, 0.1) is 13.8 Å². The number of carbonyl (C=O) groups is 2. The highest BCUT2D eigenvalue weighted by Crippen LogP contribution is 2.42. The third kappa shape index (κ3) is 4.93. The molecule has 0 unspecified atom stereocenters. The average Bonchev–Trinajstić information content (AvgIpc) is 3.65. The minimum atomic E-state index is -0.932. The van der Waals surface area contributed by atoms with Gasteiger partial charge in [-0.3, -0.25) is 4.79 Å². The second kappa shape index (κ2) is 10.4. The summed E-state index contributed by atoms with van der Waals surface area (Å²) < 4.78 is 2.27. The van der Waals surface area contributed by atoms with E-state index in [2.05, 4.69) is 29.1 Å². The largest absolute Gasteiger partial charge is 0.478 e. The summed E-state index contributed by atoms with van der Waals surface area (Å²) in [5.41, 5.74) is 7.93. The Hall–Kier alpha value is -4.23. The zero-order valence-corrected chi connectivity index (χ0v) is 23.6. The number of fused-ring (bicyclic) bond motifs is 1. The van der Waals surface area contributed by atoms with Crippen molar-refractivity contribution in [1.29, 1.82) is 0 Å². The molecule has 1 aliphatic rings. The standard InChI is InChI=1S/C33H31N3O3S/c1-19-21(3)36(17-22-8-10-23(11-9-22)26-6-4-5-7-27(26)33(38)39)30-15-14-25(16-28(19)30)31(37)34-20(2)29-18-40-32(35-29)24-12-13-24/h4-11,14-16,18,20,24H,12-13,17H2,1-3H3,(H,34,37)(H,38,39)/t20-/m0/s1. The van der Waals surface area contributed by atoms with Gasteiger partial charge in [-0.15, -0.1) is 11.3 Å². The first-order valence-corrected chi connectivity index (χ1v) is 14.5. The number of thiazole rings is 1. The number of benzene rings is 3. The molecule has 1 fully saturated rings. The van der Waals surface area contributed by atoms with Crippen molar-refractivity contribution in [2.24, 2.45) is 0 Å². The first kappa shape index (κ1) is 26.0. The Labute approximate surface area is 237 Å². The van der Waals surface area contributed by atoms with E-state index in [4.69, 9.17) is 4.98 Å². The van der Waals surface area contributed by atoms with Crippen molar-refractivity contribution >= 4 is 34.1 Å². The van der Waals surface area contributed by atoms with Crippen LogP contribution in [0.2, 0.25) is 0 Å². The lowest BCUT2D eigenvalue weighted by atomic mass is 9.99. The van der Waals surface area contributed by atoms with Crippen molar-refractivity contribution in [3.8, 4) is 11.1 Å². The third-order valence-corrected chi connectivity index (χ3v) is 8.95. The lowest BCUT2D eigenvalue weighted by Crippen LogP contribution is -2.26. The number of hydrogen-bond donors (Lipinski definition) is 2. The summed E-state index contributed by atoms with van der Waals surface area (Å²) in [6, 6.07) is 20.9. The van der Waals surface area contributed by atoms with E-state index in [1.807, 2.05) is 61.5 Å². The molecule has 6 nitrogen and oxygen atoms in total. The zero-order valence-electron chi connectivity index (χ0n) is 22.8. The van der Waals surface area contributed by atoms with E-state index < -0.39 is 5.97 Å². The molecule has 0 aliphatic heterocycles.